The van der Waals surface area contributed by atoms with Gasteiger partial charge in [-0.1, -0.05) is 32.3 Å². The molecule has 0 amide bonds. The molecule has 0 atom stereocenters. The molecule has 1 aliphatic carbocycles. The van der Waals surface area contributed by atoms with E-state index in [-0.39, 0.29) is 0 Å². The molecule has 0 aromatic carbocycles. The van der Waals surface area contributed by atoms with Crippen LogP contribution >= 0.6 is 0 Å². The maximum Gasteiger partial charge on any atom is 0.122 e. The molecule has 0 radical (unpaired) electrons. The Morgan fingerprint density at radius 1 is 1.22 bits per heavy atom. The zero-order chi connectivity index (χ0) is 13.4. The molecule has 102 valence electrons. The fourth-order valence-electron chi connectivity index (χ4n) is 2.26. The molecule has 0 aromatic heterocycles. The highest BCUT2D eigenvalue weighted by Crippen LogP contribution is 2.18. The van der Waals surface area contributed by atoms with Gasteiger partial charge in [0.25, 0.3) is 0 Å². The van der Waals surface area contributed by atoms with Crippen molar-refractivity contribution < 1.29 is 0 Å². The smallest absolute Gasteiger partial charge is 0.122 e. The van der Waals surface area contributed by atoms with Crippen LogP contribution in [0.5, 0.6) is 0 Å². The molecule has 2 nitrogen and oxygen atoms in total. The van der Waals surface area contributed by atoms with Gasteiger partial charge in [0.15, 0.2) is 0 Å². The molecule has 0 spiro atoms. The van der Waals surface area contributed by atoms with E-state index in [4.69, 9.17) is 4.99 Å². The lowest BCUT2D eigenvalue weighted by Gasteiger charge is -2.24. The Balaban J connectivity index is 2.68. The molecule has 0 saturated heterocycles. The Kier molecular flexibility index (Phi) is 6.77. The van der Waals surface area contributed by atoms with Gasteiger partial charge in [-0.3, -0.25) is 0 Å². The molecule has 0 aliphatic heterocycles. The topological polar surface area (TPSA) is 24.4 Å². The van der Waals surface area contributed by atoms with E-state index in [0.29, 0.717) is 6.04 Å². The van der Waals surface area contributed by atoms with Crippen molar-refractivity contribution in [2.45, 2.75) is 72.3 Å². The van der Waals surface area contributed by atoms with E-state index < -0.39 is 0 Å². The molecular formula is C16H28N2. The van der Waals surface area contributed by atoms with Crippen LogP contribution in [0.15, 0.2) is 28.5 Å². The first-order valence-corrected chi connectivity index (χ1v) is 7.32. The second-order valence-electron chi connectivity index (χ2n) is 5.15. The van der Waals surface area contributed by atoms with Gasteiger partial charge in [-0.2, -0.15) is 0 Å². The third kappa shape index (κ3) is 5.07. The van der Waals surface area contributed by atoms with Crippen LogP contribution in [0.1, 0.15) is 66.2 Å². The highest BCUT2D eigenvalue weighted by atomic mass is 15.1. The quantitative estimate of drug-likeness (QED) is 0.707. The summed E-state index contributed by atoms with van der Waals surface area (Å²) in [4.78, 5) is 4.73. The largest absolute Gasteiger partial charge is 0.368 e. The van der Waals surface area contributed by atoms with Crippen molar-refractivity contribution in [1.29, 1.82) is 0 Å². The van der Waals surface area contributed by atoms with Crippen LogP contribution < -0.4 is 5.32 Å². The van der Waals surface area contributed by atoms with Gasteiger partial charge >= 0.3 is 0 Å². The molecule has 1 N–H and O–H groups in total. The minimum absolute atomic E-state index is 0.624. The Labute approximate surface area is 112 Å². The number of hydrogen-bond acceptors (Lipinski definition) is 2. The molecule has 0 bridgehead atoms. The lowest BCUT2D eigenvalue weighted by atomic mass is 9.95. The van der Waals surface area contributed by atoms with Crippen molar-refractivity contribution in [1.82, 2.24) is 5.32 Å². The number of nitrogens with zero attached hydrogens (tertiary/aromatic N) is 1. The van der Waals surface area contributed by atoms with Crippen LogP contribution in [0, 0.1) is 0 Å². The van der Waals surface area contributed by atoms with Crippen LogP contribution in [0.3, 0.4) is 0 Å². The lowest BCUT2D eigenvalue weighted by Crippen LogP contribution is -2.30. The van der Waals surface area contributed by atoms with Crippen LogP contribution in [-0.2, 0) is 0 Å². The second kappa shape index (κ2) is 8.12. The third-order valence-electron chi connectivity index (χ3n) is 3.65. The number of rotatable bonds is 5. The summed E-state index contributed by atoms with van der Waals surface area (Å²) >= 11 is 0. The summed E-state index contributed by atoms with van der Waals surface area (Å²) in [6.45, 7) is 8.42. The standard InChI is InChI=1S/C16H28N2/c1-5-10-16(17-14(4)13(3)6-2)18-15-11-8-7-9-12-15/h6,10,15,18H,5,7-9,11-12H2,1-4H3/b13-6-,16-10-,17-14-. The van der Waals surface area contributed by atoms with E-state index in [0.717, 1.165) is 18.0 Å². The SMILES string of the molecule is C\C=C(C)/C(C)=N\C(=C\CC)NC1CCCCC1. The molecule has 18 heavy (non-hydrogen) atoms. The molecule has 2 heteroatoms. The Morgan fingerprint density at radius 2 is 1.89 bits per heavy atom. The molecule has 1 fully saturated rings. The first kappa shape index (κ1) is 15.0. The van der Waals surface area contributed by atoms with Gasteiger partial charge in [-0.25, -0.2) is 4.99 Å². The maximum absolute atomic E-state index is 4.73. The molecular weight excluding hydrogens is 220 g/mol. The van der Waals surface area contributed by atoms with Gasteiger partial charge in [0, 0.05) is 11.8 Å². The lowest BCUT2D eigenvalue weighted by molar-refractivity contribution is 0.395. The van der Waals surface area contributed by atoms with E-state index in [1.807, 2.05) is 0 Å². The van der Waals surface area contributed by atoms with Gasteiger partial charge in [-0.15, -0.1) is 0 Å². The van der Waals surface area contributed by atoms with E-state index in [1.165, 1.54) is 37.7 Å². The molecule has 1 aliphatic rings. The van der Waals surface area contributed by atoms with Crippen molar-refractivity contribution in [3.05, 3.63) is 23.5 Å². The van der Waals surface area contributed by atoms with E-state index in [1.54, 1.807) is 0 Å². The zero-order valence-electron chi connectivity index (χ0n) is 12.4. The molecule has 0 aromatic rings. The van der Waals surface area contributed by atoms with Crippen LogP contribution in [-0.4, -0.2) is 11.8 Å². The predicted octanol–water partition coefficient (Wildman–Crippen LogP) is 4.59. The highest BCUT2D eigenvalue weighted by molar-refractivity contribution is 5.98. The molecule has 1 saturated carbocycles. The number of hydrogen-bond donors (Lipinski definition) is 1. The molecule has 1 rings (SSSR count). The number of aliphatic imine (C=N–C) groups is 1. The number of nitrogens with one attached hydrogen (secondary N) is 1. The predicted molar refractivity (Wildman–Crippen MR) is 80.9 cm³/mol. The minimum atomic E-state index is 0.624. The molecule has 0 unspecified atom stereocenters. The summed E-state index contributed by atoms with van der Waals surface area (Å²) in [5.74, 6) is 1.06. The highest BCUT2D eigenvalue weighted by Gasteiger charge is 2.13. The zero-order valence-corrected chi connectivity index (χ0v) is 12.4. The maximum atomic E-state index is 4.73. The summed E-state index contributed by atoms with van der Waals surface area (Å²) in [6, 6.07) is 0.624. The van der Waals surface area contributed by atoms with Crippen LogP contribution in [0.25, 0.3) is 0 Å². The first-order chi connectivity index (χ1) is 8.67. The normalized spacial score (nSPS) is 20.1. The Hall–Kier alpha value is -1.05. The minimum Gasteiger partial charge on any atom is -0.368 e. The fourth-order valence-corrected chi connectivity index (χ4v) is 2.26. The average molecular weight is 248 g/mol. The number of allylic oxidation sites excluding steroid dienone is 3. The summed E-state index contributed by atoms with van der Waals surface area (Å²) in [5.41, 5.74) is 2.36. The summed E-state index contributed by atoms with van der Waals surface area (Å²) in [7, 11) is 0. The van der Waals surface area contributed by atoms with Gasteiger partial charge < -0.3 is 5.32 Å². The monoisotopic (exact) mass is 248 g/mol. The summed E-state index contributed by atoms with van der Waals surface area (Å²) in [6.07, 6.45) is 12.0. The van der Waals surface area contributed by atoms with E-state index >= 15 is 0 Å². The van der Waals surface area contributed by atoms with Crippen LogP contribution in [0.4, 0.5) is 0 Å². The third-order valence-corrected chi connectivity index (χ3v) is 3.65. The van der Waals surface area contributed by atoms with Crippen molar-refractivity contribution in [3.8, 4) is 0 Å². The van der Waals surface area contributed by atoms with Gasteiger partial charge in [0.05, 0.1) is 0 Å². The van der Waals surface area contributed by atoms with Gasteiger partial charge in [0.2, 0.25) is 0 Å². The summed E-state index contributed by atoms with van der Waals surface area (Å²) < 4.78 is 0. The second-order valence-corrected chi connectivity index (χ2v) is 5.15. The van der Waals surface area contributed by atoms with Crippen molar-refractivity contribution in [3.63, 3.8) is 0 Å². The van der Waals surface area contributed by atoms with Crippen molar-refractivity contribution >= 4 is 5.71 Å². The van der Waals surface area contributed by atoms with Crippen LogP contribution in [0.2, 0.25) is 0 Å². The van der Waals surface area contributed by atoms with E-state index in [2.05, 4.69) is 45.2 Å². The fraction of sp³-hybridized carbons (Fsp3) is 0.688. The van der Waals surface area contributed by atoms with Gasteiger partial charge in [0.1, 0.15) is 5.82 Å². The van der Waals surface area contributed by atoms with Gasteiger partial charge in [-0.05, 0) is 51.7 Å². The summed E-state index contributed by atoms with van der Waals surface area (Å²) in [5, 5.41) is 3.61. The average Bonchev–Trinajstić information content (AvgIpc) is 2.39. The Morgan fingerprint density at radius 3 is 2.44 bits per heavy atom. The Bertz CT molecular complexity index is 331. The molecule has 0 heterocycles. The van der Waals surface area contributed by atoms with E-state index in [9.17, 15) is 0 Å². The van der Waals surface area contributed by atoms with Crippen molar-refractivity contribution in [2.75, 3.05) is 0 Å². The van der Waals surface area contributed by atoms with Crippen molar-refractivity contribution in [2.24, 2.45) is 4.99 Å². The first-order valence-electron chi connectivity index (χ1n) is 7.32.